The molecule has 0 saturated carbocycles. The van der Waals surface area contributed by atoms with Crippen LogP contribution < -0.4 is 0 Å². The predicted octanol–water partition coefficient (Wildman–Crippen LogP) is 3.55. The zero-order valence-electron chi connectivity index (χ0n) is 9.65. The van der Waals surface area contributed by atoms with Crippen molar-refractivity contribution in [1.82, 2.24) is 0 Å². The van der Waals surface area contributed by atoms with E-state index in [1.54, 1.807) is 13.2 Å². The number of halogens is 1. The topological polar surface area (TPSA) is 42.6 Å². The molecule has 92 valence electrons. The van der Waals surface area contributed by atoms with Gasteiger partial charge in [0.1, 0.15) is 17.4 Å². The molecule has 4 heteroatoms. The van der Waals surface area contributed by atoms with Gasteiger partial charge in [-0.2, -0.15) is 0 Å². The molecule has 1 unspecified atom stereocenters. The Hall–Kier alpha value is -1.03. The number of fused-ring (bicyclic) bond motifs is 1. The lowest BCUT2D eigenvalue weighted by Crippen LogP contribution is -1.98. The summed E-state index contributed by atoms with van der Waals surface area (Å²) in [4.78, 5) is 0. The maximum atomic E-state index is 9.94. The van der Waals surface area contributed by atoms with Crippen molar-refractivity contribution in [3.8, 4) is 0 Å². The average Bonchev–Trinajstić information content (AvgIpc) is 2.72. The smallest absolute Gasteiger partial charge is 0.134 e. The summed E-state index contributed by atoms with van der Waals surface area (Å²) in [7, 11) is 1.65. The second kappa shape index (κ2) is 5.54. The fraction of sp³-hybridized carbons (Fsp3) is 0.385. The van der Waals surface area contributed by atoms with Gasteiger partial charge in [0.2, 0.25) is 0 Å². The van der Waals surface area contributed by atoms with Gasteiger partial charge in [-0.15, -0.1) is 0 Å². The highest BCUT2D eigenvalue weighted by atomic mass is 35.5. The number of ether oxygens (including phenoxy) is 1. The second-order valence-corrected chi connectivity index (χ2v) is 4.42. The van der Waals surface area contributed by atoms with Gasteiger partial charge in [-0.05, 0) is 37.1 Å². The molecular weight excluding hydrogens is 240 g/mol. The van der Waals surface area contributed by atoms with E-state index in [0.717, 1.165) is 17.4 Å². The molecule has 1 heterocycles. The van der Waals surface area contributed by atoms with Gasteiger partial charge in [-0.1, -0.05) is 11.6 Å². The first-order chi connectivity index (χ1) is 8.20. The van der Waals surface area contributed by atoms with Gasteiger partial charge in [0, 0.05) is 24.1 Å². The van der Waals surface area contributed by atoms with E-state index in [4.69, 9.17) is 20.8 Å². The van der Waals surface area contributed by atoms with Gasteiger partial charge in [-0.25, -0.2) is 0 Å². The molecule has 0 saturated heterocycles. The highest BCUT2D eigenvalue weighted by molar-refractivity contribution is 6.31. The van der Waals surface area contributed by atoms with E-state index in [9.17, 15) is 5.11 Å². The molecular formula is C13H15ClO3. The van der Waals surface area contributed by atoms with Crippen LogP contribution in [0.25, 0.3) is 11.0 Å². The lowest BCUT2D eigenvalue weighted by atomic mass is 10.1. The summed E-state index contributed by atoms with van der Waals surface area (Å²) in [5.74, 6) is 0.582. The maximum Gasteiger partial charge on any atom is 0.134 e. The molecule has 0 aliphatic heterocycles. The van der Waals surface area contributed by atoms with Gasteiger partial charge in [-0.3, -0.25) is 0 Å². The summed E-state index contributed by atoms with van der Waals surface area (Å²) in [6.45, 7) is 0.642. The Balaban J connectivity index is 2.12. The lowest BCUT2D eigenvalue weighted by molar-refractivity contribution is 0.120. The van der Waals surface area contributed by atoms with Crippen molar-refractivity contribution >= 4 is 22.6 Å². The summed E-state index contributed by atoms with van der Waals surface area (Å²) < 4.78 is 10.5. The SMILES string of the molecule is COCCCC(O)c1cc2cc(Cl)ccc2o1. The number of hydrogen-bond donors (Lipinski definition) is 1. The van der Waals surface area contributed by atoms with Crippen LogP contribution in [0.15, 0.2) is 28.7 Å². The highest BCUT2D eigenvalue weighted by Crippen LogP contribution is 2.28. The van der Waals surface area contributed by atoms with Crippen molar-refractivity contribution in [2.24, 2.45) is 0 Å². The summed E-state index contributed by atoms with van der Waals surface area (Å²) in [5.41, 5.74) is 0.746. The first kappa shape index (κ1) is 12.4. The van der Waals surface area contributed by atoms with Crippen molar-refractivity contribution in [1.29, 1.82) is 0 Å². The van der Waals surface area contributed by atoms with Crippen molar-refractivity contribution in [2.45, 2.75) is 18.9 Å². The molecule has 0 bridgehead atoms. The van der Waals surface area contributed by atoms with Crippen molar-refractivity contribution in [3.05, 3.63) is 35.0 Å². The predicted molar refractivity (Wildman–Crippen MR) is 67.3 cm³/mol. The van der Waals surface area contributed by atoms with Crippen LogP contribution in [0.5, 0.6) is 0 Å². The first-order valence-electron chi connectivity index (χ1n) is 5.56. The lowest BCUT2D eigenvalue weighted by Gasteiger charge is -2.06. The normalized spacial score (nSPS) is 13.1. The fourth-order valence-corrected chi connectivity index (χ4v) is 1.94. The minimum atomic E-state index is -0.587. The molecule has 17 heavy (non-hydrogen) atoms. The molecule has 1 aromatic heterocycles. The number of rotatable bonds is 5. The number of methoxy groups -OCH3 is 1. The van der Waals surface area contributed by atoms with E-state index in [0.29, 0.717) is 23.8 Å². The van der Waals surface area contributed by atoms with Crippen LogP contribution in [0.1, 0.15) is 24.7 Å². The van der Waals surface area contributed by atoms with Crippen LogP contribution in [0.2, 0.25) is 5.02 Å². The quantitative estimate of drug-likeness (QED) is 0.830. The molecule has 0 spiro atoms. The van der Waals surface area contributed by atoms with Crippen LogP contribution in [-0.4, -0.2) is 18.8 Å². The molecule has 0 fully saturated rings. The third-order valence-corrected chi connectivity index (χ3v) is 2.89. The number of furan rings is 1. The zero-order valence-corrected chi connectivity index (χ0v) is 10.4. The van der Waals surface area contributed by atoms with Crippen molar-refractivity contribution in [3.63, 3.8) is 0 Å². The van der Waals surface area contributed by atoms with Crippen molar-refractivity contribution < 1.29 is 14.3 Å². The molecule has 0 aliphatic rings. The number of benzene rings is 1. The Kier molecular flexibility index (Phi) is 4.05. The molecule has 3 nitrogen and oxygen atoms in total. The van der Waals surface area contributed by atoms with E-state index in [-0.39, 0.29) is 0 Å². The van der Waals surface area contributed by atoms with E-state index >= 15 is 0 Å². The molecule has 2 aromatic rings. The van der Waals surface area contributed by atoms with E-state index in [1.807, 2.05) is 18.2 Å². The zero-order chi connectivity index (χ0) is 12.3. The molecule has 2 rings (SSSR count). The third kappa shape index (κ3) is 3.00. The van der Waals surface area contributed by atoms with Crippen LogP contribution >= 0.6 is 11.6 Å². The van der Waals surface area contributed by atoms with E-state index in [1.165, 1.54) is 0 Å². The van der Waals surface area contributed by atoms with Gasteiger partial charge >= 0.3 is 0 Å². The van der Waals surface area contributed by atoms with Gasteiger partial charge in [0.25, 0.3) is 0 Å². The number of aliphatic hydroxyl groups is 1. The molecule has 1 N–H and O–H groups in total. The monoisotopic (exact) mass is 254 g/mol. The number of hydrogen-bond acceptors (Lipinski definition) is 3. The largest absolute Gasteiger partial charge is 0.458 e. The van der Waals surface area contributed by atoms with E-state index < -0.39 is 6.10 Å². The van der Waals surface area contributed by atoms with Crippen LogP contribution in [0.3, 0.4) is 0 Å². The summed E-state index contributed by atoms with van der Waals surface area (Å²) in [6.07, 6.45) is 0.841. The van der Waals surface area contributed by atoms with Gasteiger partial charge < -0.3 is 14.3 Å². The highest BCUT2D eigenvalue weighted by Gasteiger charge is 2.13. The first-order valence-corrected chi connectivity index (χ1v) is 5.94. The number of aliphatic hydroxyl groups excluding tert-OH is 1. The Morgan fingerprint density at radius 3 is 3.00 bits per heavy atom. The summed E-state index contributed by atoms with van der Waals surface area (Å²) in [6, 6.07) is 7.24. The van der Waals surface area contributed by atoms with Gasteiger partial charge in [0.05, 0.1) is 0 Å². The Labute approximate surface area is 105 Å². The fourth-order valence-electron chi connectivity index (χ4n) is 1.76. The minimum absolute atomic E-state index is 0.582. The molecule has 0 aliphatic carbocycles. The van der Waals surface area contributed by atoms with Crippen LogP contribution in [-0.2, 0) is 4.74 Å². The standard InChI is InChI=1S/C13H15ClO3/c1-16-6-2-3-11(15)13-8-9-7-10(14)4-5-12(9)17-13/h4-5,7-8,11,15H,2-3,6H2,1H3. The van der Waals surface area contributed by atoms with Crippen LogP contribution in [0, 0.1) is 0 Å². The Morgan fingerprint density at radius 1 is 1.41 bits per heavy atom. The summed E-state index contributed by atoms with van der Waals surface area (Å²) >= 11 is 5.89. The summed E-state index contributed by atoms with van der Waals surface area (Å²) in [5, 5.41) is 11.5. The Bertz CT molecular complexity index is 492. The van der Waals surface area contributed by atoms with Crippen LogP contribution in [0.4, 0.5) is 0 Å². The second-order valence-electron chi connectivity index (χ2n) is 3.98. The molecule has 1 atom stereocenters. The van der Waals surface area contributed by atoms with Crippen molar-refractivity contribution in [2.75, 3.05) is 13.7 Å². The molecule has 0 radical (unpaired) electrons. The van der Waals surface area contributed by atoms with Gasteiger partial charge in [0.15, 0.2) is 0 Å². The molecule has 0 amide bonds. The Morgan fingerprint density at radius 2 is 2.24 bits per heavy atom. The van der Waals surface area contributed by atoms with E-state index in [2.05, 4.69) is 0 Å². The maximum absolute atomic E-state index is 9.94. The minimum Gasteiger partial charge on any atom is -0.458 e. The molecule has 1 aromatic carbocycles. The average molecular weight is 255 g/mol. The third-order valence-electron chi connectivity index (χ3n) is 2.65.